The highest BCUT2D eigenvalue weighted by Crippen LogP contribution is 2.28. The van der Waals surface area contributed by atoms with Gasteiger partial charge in [-0.1, -0.05) is 35.9 Å². The first-order valence-electron chi connectivity index (χ1n) is 11.3. The first-order valence-corrected chi connectivity index (χ1v) is 11.7. The summed E-state index contributed by atoms with van der Waals surface area (Å²) in [5, 5.41) is 8.05. The summed E-state index contributed by atoms with van der Waals surface area (Å²) in [6.07, 6.45) is 3.48. The second kappa shape index (κ2) is 9.80. The number of hydrogen-bond acceptors (Lipinski definition) is 6. The molecule has 5 rings (SSSR count). The molecule has 0 unspecified atom stereocenters. The standard InChI is InChI=1S/C25H26ClN7O/c26-19-5-3-4-18(16-19)20-17-28-33-10-8-22(29-24(20)33)25(34)30-21-6-1-2-7-23(21)32-14-12-31(11-9-27)13-15-32/h1-8,10,16-17H,9,11-15,27H2,(H,30,34). The largest absolute Gasteiger partial charge is 0.367 e. The first kappa shape index (κ1) is 22.3. The normalized spacial score (nSPS) is 14.5. The monoisotopic (exact) mass is 475 g/mol. The van der Waals surface area contributed by atoms with Gasteiger partial charge in [0.25, 0.3) is 5.91 Å². The van der Waals surface area contributed by atoms with Crippen LogP contribution in [0.5, 0.6) is 0 Å². The van der Waals surface area contributed by atoms with Crippen LogP contribution < -0.4 is 16.0 Å². The van der Waals surface area contributed by atoms with E-state index in [0.717, 1.165) is 55.2 Å². The lowest BCUT2D eigenvalue weighted by Crippen LogP contribution is -2.48. The van der Waals surface area contributed by atoms with Crippen molar-refractivity contribution >= 4 is 34.5 Å². The van der Waals surface area contributed by atoms with Gasteiger partial charge in [0.15, 0.2) is 5.65 Å². The van der Waals surface area contributed by atoms with E-state index in [1.165, 1.54) is 0 Å². The van der Waals surface area contributed by atoms with Crippen LogP contribution in [0, 0.1) is 0 Å². The summed E-state index contributed by atoms with van der Waals surface area (Å²) in [6, 6.07) is 17.1. The Hall–Kier alpha value is -3.46. The Bertz CT molecular complexity index is 1310. The second-order valence-electron chi connectivity index (χ2n) is 8.24. The van der Waals surface area contributed by atoms with Crippen molar-refractivity contribution in [2.24, 2.45) is 5.73 Å². The van der Waals surface area contributed by atoms with Gasteiger partial charge in [0, 0.05) is 56.1 Å². The number of nitrogens with one attached hydrogen (secondary N) is 1. The molecule has 2 aromatic carbocycles. The van der Waals surface area contributed by atoms with Crippen molar-refractivity contribution < 1.29 is 4.79 Å². The fourth-order valence-corrected chi connectivity index (χ4v) is 4.48. The number of anilines is 2. The number of hydrogen-bond donors (Lipinski definition) is 2. The molecule has 0 saturated carbocycles. The number of nitrogens with zero attached hydrogens (tertiary/aromatic N) is 5. The number of carbonyl (C=O) groups excluding carboxylic acids is 1. The van der Waals surface area contributed by atoms with E-state index in [-0.39, 0.29) is 5.91 Å². The third-order valence-electron chi connectivity index (χ3n) is 6.05. The van der Waals surface area contributed by atoms with Gasteiger partial charge in [-0.15, -0.1) is 0 Å². The fourth-order valence-electron chi connectivity index (χ4n) is 4.29. The molecule has 174 valence electrons. The van der Waals surface area contributed by atoms with Crippen LogP contribution in [0.3, 0.4) is 0 Å². The molecule has 1 fully saturated rings. The molecule has 0 aliphatic carbocycles. The topological polar surface area (TPSA) is 91.8 Å². The zero-order valence-electron chi connectivity index (χ0n) is 18.7. The van der Waals surface area contributed by atoms with Gasteiger partial charge in [0.2, 0.25) is 0 Å². The van der Waals surface area contributed by atoms with Crippen molar-refractivity contribution in [2.75, 3.05) is 49.5 Å². The summed E-state index contributed by atoms with van der Waals surface area (Å²) in [5.74, 6) is -0.269. The van der Waals surface area contributed by atoms with E-state index in [2.05, 4.69) is 25.2 Å². The van der Waals surface area contributed by atoms with Crippen LogP contribution >= 0.6 is 11.6 Å². The van der Waals surface area contributed by atoms with Crippen molar-refractivity contribution in [1.82, 2.24) is 19.5 Å². The molecular formula is C25H26ClN7O. The van der Waals surface area contributed by atoms with E-state index in [1.807, 2.05) is 48.5 Å². The summed E-state index contributed by atoms with van der Waals surface area (Å²) in [5.41, 5.74) is 10.1. The quantitative estimate of drug-likeness (QED) is 0.444. The molecule has 9 heteroatoms. The minimum atomic E-state index is -0.269. The van der Waals surface area contributed by atoms with E-state index < -0.39 is 0 Å². The minimum Gasteiger partial charge on any atom is -0.367 e. The van der Waals surface area contributed by atoms with E-state index in [4.69, 9.17) is 17.3 Å². The van der Waals surface area contributed by atoms with Crippen LogP contribution in [-0.2, 0) is 0 Å². The lowest BCUT2D eigenvalue weighted by atomic mass is 10.1. The SMILES string of the molecule is NCCN1CCN(c2ccccc2NC(=O)c2ccn3ncc(-c4cccc(Cl)c4)c3n2)CC1. The van der Waals surface area contributed by atoms with E-state index in [1.54, 1.807) is 23.0 Å². The maximum atomic E-state index is 13.2. The van der Waals surface area contributed by atoms with E-state index >= 15 is 0 Å². The van der Waals surface area contributed by atoms with E-state index in [9.17, 15) is 4.79 Å². The number of fused-ring (bicyclic) bond motifs is 1. The van der Waals surface area contributed by atoms with Gasteiger partial charge in [0.1, 0.15) is 5.69 Å². The molecule has 0 spiro atoms. The second-order valence-corrected chi connectivity index (χ2v) is 8.67. The van der Waals surface area contributed by atoms with Crippen LogP contribution in [0.15, 0.2) is 67.0 Å². The molecule has 1 saturated heterocycles. The predicted molar refractivity (Wildman–Crippen MR) is 136 cm³/mol. The van der Waals surface area contributed by atoms with Crippen molar-refractivity contribution in [2.45, 2.75) is 0 Å². The summed E-state index contributed by atoms with van der Waals surface area (Å²) < 4.78 is 1.65. The van der Waals surface area contributed by atoms with Gasteiger partial charge in [-0.2, -0.15) is 5.10 Å². The summed E-state index contributed by atoms with van der Waals surface area (Å²) in [4.78, 5) is 22.5. The average Bonchev–Trinajstić information content (AvgIpc) is 3.28. The average molecular weight is 476 g/mol. The highest BCUT2D eigenvalue weighted by atomic mass is 35.5. The Labute approximate surface area is 202 Å². The van der Waals surface area contributed by atoms with E-state index in [0.29, 0.717) is 22.9 Å². The fraction of sp³-hybridized carbons (Fsp3) is 0.240. The van der Waals surface area contributed by atoms with Gasteiger partial charge in [-0.3, -0.25) is 9.69 Å². The molecule has 0 radical (unpaired) electrons. The highest BCUT2D eigenvalue weighted by Gasteiger charge is 2.20. The van der Waals surface area contributed by atoms with Crippen LogP contribution in [0.25, 0.3) is 16.8 Å². The Morgan fingerprint density at radius 1 is 1.06 bits per heavy atom. The Morgan fingerprint density at radius 3 is 2.68 bits per heavy atom. The van der Waals surface area contributed by atoms with Gasteiger partial charge in [0.05, 0.1) is 17.6 Å². The Balaban J connectivity index is 1.38. The zero-order chi connectivity index (χ0) is 23.5. The number of piperazine rings is 1. The molecule has 1 aliphatic heterocycles. The van der Waals surface area contributed by atoms with Gasteiger partial charge < -0.3 is 16.0 Å². The number of aromatic nitrogens is 3. The van der Waals surface area contributed by atoms with Crippen molar-refractivity contribution in [1.29, 1.82) is 0 Å². The van der Waals surface area contributed by atoms with Crippen LogP contribution in [0.1, 0.15) is 10.5 Å². The number of carbonyl (C=O) groups is 1. The highest BCUT2D eigenvalue weighted by molar-refractivity contribution is 6.30. The molecule has 0 bridgehead atoms. The maximum absolute atomic E-state index is 13.2. The lowest BCUT2D eigenvalue weighted by Gasteiger charge is -2.36. The molecule has 1 amide bonds. The van der Waals surface area contributed by atoms with Crippen molar-refractivity contribution in [3.8, 4) is 11.1 Å². The number of amides is 1. The summed E-state index contributed by atoms with van der Waals surface area (Å²) in [6.45, 7) is 5.24. The van der Waals surface area contributed by atoms with Crippen LogP contribution in [0.4, 0.5) is 11.4 Å². The molecule has 2 aromatic heterocycles. The van der Waals surface area contributed by atoms with Gasteiger partial charge in [-0.05, 0) is 35.9 Å². The van der Waals surface area contributed by atoms with Crippen molar-refractivity contribution in [3.05, 3.63) is 77.7 Å². The number of benzene rings is 2. The van der Waals surface area contributed by atoms with Gasteiger partial charge in [-0.25, -0.2) is 9.50 Å². The van der Waals surface area contributed by atoms with Crippen LogP contribution in [-0.4, -0.2) is 64.7 Å². The molecule has 4 aromatic rings. The molecule has 1 aliphatic rings. The number of rotatable bonds is 6. The number of halogens is 1. The maximum Gasteiger partial charge on any atom is 0.274 e. The minimum absolute atomic E-state index is 0.269. The third-order valence-corrected chi connectivity index (χ3v) is 6.28. The zero-order valence-corrected chi connectivity index (χ0v) is 19.4. The third kappa shape index (κ3) is 4.61. The number of para-hydroxylation sites is 2. The Kier molecular flexibility index (Phi) is 6.44. The van der Waals surface area contributed by atoms with Gasteiger partial charge >= 0.3 is 0 Å². The first-order chi connectivity index (χ1) is 16.6. The van der Waals surface area contributed by atoms with Crippen LogP contribution in [0.2, 0.25) is 5.02 Å². The molecule has 3 N–H and O–H groups in total. The summed E-state index contributed by atoms with van der Waals surface area (Å²) >= 11 is 6.16. The molecule has 34 heavy (non-hydrogen) atoms. The predicted octanol–water partition coefficient (Wildman–Crippen LogP) is 3.38. The summed E-state index contributed by atoms with van der Waals surface area (Å²) in [7, 11) is 0. The Morgan fingerprint density at radius 2 is 1.88 bits per heavy atom. The number of nitrogens with two attached hydrogens (primary N) is 1. The molecule has 8 nitrogen and oxygen atoms in total. The smallest absolute Gasteiger partial charge is 0.274 e. The van der Waals surface area contributed by atoms with Crippen molar-refractivity contribution in [3.63, 3.8) is 0 Å². The lowest BCUT2D eigenvalue weighted by molar-refractivity contribution is 0.102. The molecular weight excluding hydrogens is 450 g/mol. The molecule has 3 heterocycles. The molecule has 0 atom stereocenters.